The summed E-state index contributed by atoms with van der Waals surface area (Å²) in [5.41, 5.74) is 6.76. The molecule has 104 valence electrons. The first kappa shape index (κ1) is 14.3. The van der Waals surface area contributed by atoms with Crippen LogP contribution < -0.4 is 11.1 Å². The zero-order valence-corrected chi connectivity index (χ0v) is 11.6. The van der Waals surface area contributed by atoms with Crippen molar-refractivity contribution in [3.63, 3.8) is 0 Å². The largest absolute Gasteiger partial charge is 0.398 e. The highest BCUT2D eigenvalue weighted by Crippen LogP contribution is 2.20. The number of rotatable bonds is 3. The predicted octanol–water partition coefficient (Wildman–Crippen LogP) is 3.55. The fourth-order valence-electron chi connectivity index (χ4n) is 1.90. The molecule has 0 bridgehead atoms. The maximum atomic E-state index is 13.6. The van der Waals surface area contributed by atoms with E-state index in [1.807, 2.05) is 0 Å². The molecule has 0 heterocycles. The van der Waals surface area contributed by atoms with E-state index in [4.69, 9.17) is 17.3 Å². The number of carbonyl (C=O) groups is 1. The molecule has 2 rings (SSSR count). The Balaban J connectivity index is 2.20. The van der Waals surface area contributed by atoms with Crippen LogP contribution in [0.25, 0.3) is 0 Å². The summed E-state index contributed by atoms with van der Waals surface area (Å²) < 4.78 is 13.6. The lowest BCUT2D eigenvalue weighted by atomic mass is 10.1. The Morgan fingerprint density at radius 3 is 2.70 bits per heavy atom. The number of hydrogen-bond acceptors (Lipinski definition) is 2. The molecule has 0 saturated heterocycles. The van der Waals surface area contributed by atoms with Gasteiger partial charge in [-0.05, 0) is 31.2 Å². The van der Waals surface area contributed by atoms with Crippen molar-refractivity contribution in [2.45, 2.75) is 13.0 Å². The molecule has 1 atom stereocenters. The summed E-state index contributed by atoms with van der Waals surface area (Å²) in [6.45, 7) is 1.71. The van der Waals surface area contributed by atoms with Crippen LogP contribution in [-0.2, 0) is 0 Å². The van der Waals surface area contributed by atoms with E-state index in [0.717, 1.165) is 0 Å². The van der Waals surface area contributed by atoms with Crippen molar-refractivity contribution in [1.82, 2.24) is 5.32 Å². The summed E-state index contributed by atoms with van der Waals surface area (Å²) in [5.74, 6) is -0.750. The van der Waals surface area contributed by atoms with E-state index in [1.165, 1.54) is 12.1 Å². The molecule has 3 N–H and O–H groups in total. The normalized spacial score (nSPS) is 11.9. The Kier molecular flexibility index (Phi) is 4.25. The molecule has 20 heavy (non-hydrogen) atoms. The summed E-state index contributed by atoms with van der Waals surface area (Å²) >= 11 is 5.84. The molecule has 2 aromatic carbocycles. The van der Waals surface area contributed by atoms with Crippen LogP contribution in [0.1, 0.15) is 28.9 Å². The third-order valence-electron chi connectivity index (χ3n) is 2.98. The first-order valence-electron chi connectivity index (χ1n) is 6.09. The van der Waals surface area contributed by atoms with Crippen LogP contribution in [0.15, 0.2) is 42.5 Å². The minimum absolute atomic E-state index is 0.278. The van der Waals surface area contributed by atoms with Gasteiger partial charge in [-0.2, -0.15) is 0 Å². The molecule has 0 aliphatic heterocycles. The zero-order valence-electron chi connectivity index (χ0n) is 10.9. The van der Waals surface area contributed by atoms with Crippen molar-refractivity contribution >= 4 is 23.2 Å². The molecule has 0 fully saturated rings. The van der Waals surface area contributed by atoms with E-state index >= 15 is 0 Å². The number of nitrogens with one attached hydrogen (secondary N) is 1. The van der Waals surface area contributed by atoms with E-state index in [9.17, 15) is 9.18 Å². The van der Waals surface area contributed by atoms with Crippen LogP contribution in [0.4, 0.5) is 10.1 Å². The van der Waals surface area contributed by atoms with E-state index in [1.54, 1.807) is 37.3 Å². The van der Waals surface area contributed by atoms with Gasteiger partial charge in [0.1, 0.15) is 5.82 Å². The van der Waals surface area contributed by atoms with Gasteiger partial charge in [0, 0.05) is 16.3 Å². The monoisotopic (exact) mass is 292 g/mol. The topological polar surface area (TPSA) is 55.1 Å². The van der Waals surface area contributed by atoms with Crippen LogP contribution in [0, 0.1) is 5.82 Å². The molecule has 2 aromatic rings. The Morgan fingerprint density at radius 2 is 2.00 bits per heavy atom. The molecule has 1 unspecified atom stereocenters. The Hall–Kier alpha value is -2.07. The van der Waals surface area contributed by atoms with Gasteiger partial charge < -0.3 is 11.1 Å². The van der Waals surface area contributed by atoms with Gasteiger partial charge in [-0.1, -0.05) is 29.8 Å². The molecule has 1 amide bonds. The molecule has 0 aliphatic rings. The second-order valence-electron chi connectivity index (χ2n) is 4.45. The zero-order chi connectivity index (χ0) is 14.7. The number of nitrogens with two attached hydrogens (primary N) is 1. The highest BCUT2D eigenvalue weighted by Gasteiger charge is 2.16. The molecule has 0 saturated carbocycles. The van der Waals surface area contributed by atoms with Gasteiger partial charge in [0.05, 0.1) is 11.6 Å². The van der Waals surface area contributed by atoms with Crippen LogP contribution in [0.3, 0.4) is 0 Å². The number of benzene rings is 2. The van der Waals surface area contributed by atoms with Crippen molar-refractivity contribution < 1.29 is 9.18 Å². The van der Waals surface area contributed by atoms with Crippen molar-refractivity contribution in [3.8, 4) is 0 Å². The third-order valence-corrected chi connectivity index (χ3v) is 3.21. The van der Waals surface area contributed by atoms with Gasteiger partial charge in [-0.25, -0.2) is 4.39 Å². The van der Waals surface area contributed by atoms with Crippen molar-refractivity contribution in [2.24, 2.45) is 0 Å². The first-order chi connectivity index (χ1) is 9.49. The van der Waals surface area contributed by atoms with Gasteiger partial charge in [0.15, 0.2) is 0 Å². The predicted molar refractivity (Wildman–Crippen MR) is 78.1 cm³/mol. The van der Waals surface area contributed by atoms with Gasteiger partial charge in [0.25, 0.3) is 5.91 Å². The number of amides is 1. The van der Waals surface area contributed by atoms with Gasteiger partial charge in [-0.3, -0.25) is 4.79 Å². The summed E-state index contributed by atoms with van der Waals surface area (Å²) in [6, 6.07) is 10.5. The van der Waals surface area contributed by atoms with Gasteiger partial charge in [0.2, 0.25) is 0 Å². The molecule has 0 aliphatic carbocycles. The average Bonchev–Trinajstić information content (AvgIpc) is 2.41. The summed E-state index contributed by atoms with van der Waals surface area (Å²) in [4.78, 5) is 12.1. The number of hydrogen-bond donors (Lipinski definition) is 2. The molecule has 3 nitrogen and oxygen atoms in total. The van der Waals surface area contributed by atoms with Crippen LogP contribution >= 0.6 is 11.6 Å². The molecule has 0 aromatic heterocycles. The maximum absolute atomic E-state index is 13.6. The van der Waals surface area contributed by atoms with Crippen LogP contribution in [-0.4, -0.2) is 5.91 Å². The van der Waals surface area contributed by atoms with Gasteiger partial charge in [-0.15, -0.1) is 0 Å². The lowest BCUT2D eigenvalue weighted by Crippen LogP contribution is -2.27. The molecule has 0 spiro atoms. The molecular weight excluding hydrogens is 279 g/mol. The fourth-order valence-corrected chi connectivity index (χ4v) is 2.08. The first-order valence-corrected chi connectivity index (χ1v) is 6.47. The van der Waals surface area contributed by atoms with E-state index in [2.05, 4.69) is 5.32 Å². The van der Waals surface area contributed by atoms with E-state index in [-0.39, 0.29) is 17.3 Å². The average molecular weight is 293 g/mol. The number of carbonyl (C=O) groups excluding carboxylic acids is 1. The summed E-state index contributed by atoms with van der Waals surface area (Å²) in [7, 11) is 0. The SMILES string of the molecule is CC(NC(=O)c1cc(Cl)ccc1N)c1ccccc1F. The minimum atomic E-state index is -0.470. The Bertz CT molecular complexity index is 646. The Labute approximate surface area is 121 Å². The summed E-state index contributed by atoms with van der Waals surface area (Å²) in [5, 5.41) is 3.12. The molecule has 5 heteroatoms. The second-order valence-corrected chi connectivity index (χ2v) is 4.88. The fraction of sp³-hybridized carbons (Fsp3) is 0.133. The van der Waals surface area contributed by atoms with Crippen LogP contribution in [0.2, 0.25) is 5.02 Å². The van der Waals surface area contributed by atoms with E-state index < -0.39 is 6.04 Å². The number of anilines is 1. The van der Waals surface area contributed by atoms with Gasteiger partial charge >= 0.3 is 0 Å². The van der Waals surface area contributed by atoms with E-state index in [0.29, 0.717) is 16.3 Å². The highest BCUT2D eigenvalue weighted by atomic mass is 35.5. The third kappa shape index (κ3) is 3.08. The number of nitrogen functional groups attached to an aromatic ring is 1. The smallest absolute Gasteiger partial charge is 0.253 e. The lowest BCUT2D eigenvalue weighted by Gasteiger charge is -2.16. The quantitative estimate of drug-likeness (QED) is 0.850. The summed E-state index contributed by atoms with van der Waals surface area (Å²) in [6.07, 6.45) is 0. The maximum Gasteiger partial charge on any atom is 0.253 e. The highest BCUT2D eigenvalue weighted by molar-refractivity contribution is 6.31. The van der Waals surface area contributed by atoms with Crippen molar-refractivity contribution in [3.05, 3.63) is 64.4 Å². The molecular formula is C15H14ClFN2O. The Morgan fingerprint density at radius 1 is 1.30 bits per heavy atom. The lowest BCUT2D eigenvalue weighted by molar-refractivity contribution is 0.0940. The standard InChI is InChI=1S/C15H14ClFN2O/c1-9(11-4-2-3-5-13(11)17)19-15(20)12-8-10(16)6-7-14(12)18/h2-9H,18H2,1H3,(H,19,20). The van der Waals surface area contributed by atoms with Crippen LogP contribution in [0.5, 0.6) is 0 Å². The number of halogens is 2. The van der Waals surface area contributed by atoms with Crippen molar-refractivity contribution in [2.75, 3.05) is 5.73 Å². The molecule has 0 radical (unpaired) electrons. The van der Waals surface area contributed by atoms with Crippen molar-refractivity contribution in [1.29, 1.82) is 0 Å². The minimum Gasteiger partial charge on any atom is -0.398 e. The second kappa shape index (κ2) is 5.92.